The first kappa shape index (κ1) is 23.7. The summed E-state index contributed by atoms with van der Waals surface area (Å²) in [4.78, 5) is 27.0. The van der Waals surface area contributed by atoms with Crippen LogP contribution < -0.4 is 20.3 Å². The number of anilines is 2. The molecule has 2 fully saturated rings. The molecule has 1 saturated heterocycles. The zero-order valence-electron chi connectivity index (χ0n) is 21.7. The zero-order valence-corrected chi connectivity index (χ0v) is 21.7. The summed E-state index contributed by atoms with van der Waals surface area (Å²) in [5, 5.41) is 7.59. The molecule has 1 N–H and O–H groups in total. The lowest BCUT2D eigenvalue weighted by molar-refractivity contribution is 0.0580. The number of nitrogens with one attached hydrogen (secondary N) is 1. The number of fused-ring (bicyclic) bond motifs is 2. The van der Waals surface area contributed by atoms with Gasteiger partial charge in [-0.05, 0) is 43.2 Å². The van der Waals surface area contributed by atoms with E-state index in [9.17, 15) is 4.79 Å². The van der Waals surface area contributed by atoms with E-state index in [0.717, 1.165) is 37.9 Å². The van der Waals surface area contributed by atoms with Crippen LogP contribution in [-0.2, 0) is 11.8 Å². The molecule has 12 heteroatoms. The molecule has 5 aromatic heterocycles. The lowest BCUT2D eigenvalue weighted by Gasteiger charge is -2.25. The molecule has 1 aliphatic heterocycles. The molecule has 200 valence electrons. The molecule has 0 radical (unpaired) electrons. The maximum Gasteiger partial charge on any atom is 0.274 e. The van der Waals surface area contributed by atoms with Gasteiger partial charge in [0.1, 0.15) is 16.7 Å². The van der Waals surface area contributed by atoms with Crippen molar-refractivity contribution in [3.05, 3.63) is 59.2 Å². The van der Waals surface area contributed by atoms with E-state index in [-0.39, 0.29) is 11.6 Å². The van der Waals surface area contributed by atoms with Crippen molar-refractivity contribution in [2.45, 2.75) is 37.6 Å². The second kappa shape index (κ2) is 9.38. The maximum atomic E-state index is 13.6. The molecule has 6 heterocycles. The summed E-state index contributed by atoms with van der Waals surface area (Å²) in [5.41, 5.74) is 3.36. The number of aryl methyl sites for hydroxylation is 1. The maximum absolute atomic E-state index is 13.6. The number of hydrogen-bond donors (Lipinski definition) is 1. The average Bonchev–Trinajstić information content (AvgIpc) is 3.67. The molecule has 0 amide bonds. The third-order valence-electron chi connectivity index (χ3n) is 7.42. The Kier molecular flexibility index (Phi) is 5.69. The fourth-order valence-electron chi connectivity index (χ4n) is 5.20. The number of imidazole rings is 1. The van der Waals surface area contributed by atoms with Crippen LogP contribution in [0.15, 0.2) is 48.0 Å². The summed E-state index contributed by atoms with van der Waals surface area (Å²) >= 11 is 0. The summed E-state index contributed by atoms with van der Waals surface area (Å²) in [6, 6.07) is 1.99. The Hall–Kier alpha value is -4.45. The Morgan fingerprint density at radius 3 is 2.85 bits per heavy atom. The van der Waals surface area contributed by atoms with Gasteiger partial charge in [0.05, 0.1) is 38.3 Å². The number of nitrogens with zero attached hydrogens (tertiary/aromatic N) is 7. The second-order valence-corrected chi connectivity index (χ2v) is 10.0. The van der Waals surface area contributed by atoms with Gasteiger partial charge in [0.25, 0.3) is 5.56 Å². The molecule has 1 aliphatic carbocycles. The SMILES string of the molecule is COc1c(Oc2cnn3ccncc23)cnc2nc(Nc3cc(C4CC4)cn([C@@H]4CCCOC4)c3=O)n(C)c12. The first-order valence-electron chi connectivity index (χ1n) is 13.1. The highest BCUT2D eigenvalue weighted by Crippen LogP contribution is 2.41. The Bertz CT molecular complexity index is 1750. The Labute approximate surface area is 223 Å². The van der Waals surface area contributed by atoms with Gasteiger partial charge in [0, 0.05) is 32.2 Å². The highest BCUT2D eigenvalue weighted by molar-refractivity contribution is 5.85. The number of aromatic nitrogens is 7. The lowest BCUT2D eigenvalue weighted by Crippen LogP contribution is -2.31. The van der Waals surface area contributed by atoms with Crippen molar-refractivity contribution >= 4 is 28.3 Å². The summed E-state index contributed by atoms with van der Waals surface area (Å²) in [6.45, 7) is 1.29. The largest absolute Gasteiger partial charge is 0.491 e. The van der Waals surface area contributed by atoms with Gasteiger partial charge < -0.3 is 28.7 Å². The van der Waals surface area contributed by atoms with Crippen molar-refractivity contribution < 1.29 is 14.2 Å². The molecule has 7 rings (SSSR count). The summed E-state index contributed by atoms with van der Waals surface area (Å²) in [7, 11) is 3.42. The van der Waals surface area contributed by atoms with Crippen LogP contribution in [0.3, 0.4) is 0 Å². The molecule has 0 bridgehead atoms. The number of ether oxygens (including phenoxy) is 3. The van der Waals surface area contributed by atoms with Crippen molar-refractivity contribution in [1.82, 2.24) is 33.7 Å². The highest BCUT2D eigenvalue weighted by atomic mass is 16.5. The molecular formula is C27H28N8O4. The van der Waals surface area contributed by atoms with E-state index in [2.05, 4.69) is 25.4 Å². The van der Waals surface area contributed by atoms with E-state index < -0.39 is 0 Å². The second-order valence-electron chi connectivity index (χ2n) is 10.0. The van der Waals surface area contributed by atoms with Gasteiger partial charge in [-0.2, -0.15) is 10.1 Å². The van der Waals surface area contributed by atoms with Crippen LogP contribution in [0.25, 0.3) is 16.7 Å². The van der Waals surface area contributed by atoms with Crippen LogP contribution in [0.5, 0.6) is 17.2 Å². The molecule has 0 unspecified atom stereocenters. The Morgan fingerprint density at radius 2 is 2.05 bits per heavy atom. The van der Waals surface area contributed by atoms with Gasteiger partial charge in [0.2, 0.25) is 5.95 Å². The van der Waals surface area contributed by atoms with Gasteiger partial charge in [-0.15, -0.1) is 0 Å². The number of hydrogen-bond acceptors (Lipinski definition) is 9. The van der Waals surface area contributed by atoms with Gasteiger partial charge in [-0.1, -0.05) is 0 Å². The zero-order chi connectivity index (χ0) is 26.5. The van der Waals surface area contributed by atoms with Crippen molar-refractivity contribution in [2.24, 2.45) is 7.05 Å². The van der Waals surface area contributed by atoms with Crippen molar-refractivity contribution in [1.29, 1.82) is 0 Å². The average molecular weight is 529 g/mol. The van der Waals surface area contributed by atoms with Crippen molar-refractivity contribution in [3.8, 4) is 17.2 Å². The third kappa shape index (κ3) is 4.16. The minimum absolute atomic E-state index is 0.0301. The van der Waals surface area contributed by atoms with Crippen LogP contribution in [-0.4, -0.2) is 54.0 Å². The molecule has 0 aromatic carbocycles. The van der Waals surface area contributed by atoms with Crippen molar-refractivity contribution in [2.75, 3.05) is 25.6 Å². The van der Waals surface area contributed by atoms with Gasteiger partial charge in [-0.3, -0.25) is 9.78 Å². The van der Waals surface area contributed by atoms with E-state index >= 15 is 0 Å². The molecule has 1 saturated carbocycles. The molecule has 2 aliphatic rings. The van der Waals surface area contributed by atoms with Gasteiger partial charge >= 0.3 is 0 Å². The number of methoxy groups -OCH3 is 1. The van der Waals surface area contributed by atoms with E-state index in [4.69, 9.17) is 14.2 Å². The smallest absolute Gasteiger partial charge is 0.274 e. The Balaban J connectivity index is 1.27. The third-order valence-corrected chi connectivity index (χ3v) is 7.42. The normalized spacial score (nSPS) is 17.5. The van der Waals surface area contributed by atoms with E-state index in [0.29, 0.717) is 58.1 Å². The number of rotatable bonds is 7. The topological polar surface area (TPSA) is 123 Å². The van der Waals surface area contributed by atoms with E-state index in [1.165, 1.54) is 0 Å². The fraction of sp³-hybridized carbons (Fsp3) is 0.370. The predicted molar refractivity (Wildman–Crippen MR) is 143 cm³/mol. The number of pyridine rings is 2. The van der Waals surface area contributed by atoms with Crippen LogP contribution in [0.2, 0.25) is 0 Å². The molecule has 1 atom stereocenters. The van der Waals surface area contributed by atoms with Crippen LogP contribution in [0.4, 0.5) is 11.6 Å². The van der Waals surface area contributed by atoms with E-state index in [1.54, 1.807) is 42.6 Å². The van der Waals surface area contributed by atoms with Crippen LogP contribution >= 0.6 is 0 Å². The van der Waals surface area contributed by atoms with Gasteiger partial charge in [0.15, 0.2) is 22.9 Å². The van der Waals surface area contributed by atoms with Crippen molar-refractivity contribution in [3.63, 3.8) is 0 Å². The highest BCUT2D eigenvalue weighted by Gasteiger charge is 2.28. The fourth-order valence-corrected chi connectivity index (χ4v) is 5.20. The van der Waals surface area contributed by atoms with Gasteiger partial charge in [-0.25, -0.2) is 9.50 Å². The first-order chi connectivity index (χ1) is 19.1. The minimum Gasteiger partial charge on any atom is -0.491 e. The Morgan fingerprint density at radius 1 is 1.15 bits per heavy atom. The predicted octanol–water partition coefficient (Wildman–Crippen LogP) is 3.95. The summed E-state index contributed by atoms with van der Waals surface area (Å²) in [6.07, 6.45) is 14.4. The summed E-state index contributed by atoms with van der Waals surface area (Å²) < 4.78 is 22.9. The summed E-state index contributed by atoms with van der Waals surface area (Å²) in [5.74, 6) is 2.36. The molecule has 12 nitrogen and oxygen atoms in total. The van der Waals surface area contributed by atoms with Crippen LogP contribution in [0.1, 0.15) is 43.2 Å². The van der Waals surface area contributed by atoms with E-state index in [1.807, 2.05) is 28.4 Å². The quantitative estimate of drug-likeness (QED) is 0.335. The minimum atomic E-state index is -0.0902. The molecular weight excluding hydrogens is 500 g/mol. The molecule has 0 spiro atoms. The molecule has 39 heavy (non-hydrogen) atoms. The lowest BCUT2D eigenvalue weighted by atomic mass is 10.1. The van der Waals surface area contributed by atoms with Crippen LogP contribution in [0, 0.1) is 0 Å². The monoisotopic (exact) mass is 528 g/mol. The standard InChI is InChI=1S/C27H28N8O4/c1-33-23-24(37-2)22(39-21-13-30-35-8-7-28-11-20(21)35)12-29-25(23)32-27(33)31-19-10-17(16-5-6-16)14-34(26(19)36)18-4-3-9-38-15-18/h7-8,10-14,16,18H,3-6,9,15H2,1-2H3,(H,29,31,32)/t18-/m1/s1. The molecule has 5 aromatic rings. The first-order valence-corrected chi connectivity index (χ1v) is 13.1.